The van der Waals surface area contributed by atoms with E-state index >= 15 is 0 Å². The number of anilines is 1. The molecule has 2 heterocycles. The summed E-state index contributed by atoms with van der Waals surface area (Å²) in [6.45, 7) is 0.419. The summed E-state index contributed by atoms with van der Waals surface area (Å²) < 4.78 is 1.99. The average molecular weight is 256 g/mol. The van der Waals surface area contributed by atoms with E-state index in [-0.39, 0.29) is 5.91 Å². The highest BCUT2D eigenvalue weighted by Crippen LogP contribution is 2.32. The Kier molecular flexibility index (Phi) is 2.64. The number of imidazole rings is 1. The van der Waals surface area contributed by atoms with Crippen molar-refractivity contribution in [3.05, 3.63) is 35.8 Å². The minimum Gasteiger partial charge on any atom is -0.330 e. The molecule has 1 amide bonds. The minimum atomic E-state index is 0.139. The van der Waals surface area contributed by atoms with Crippen LogP contribution in [0.5, 0.6) is 0 Å². The van der Waals surface area contributed by atoms with Crippen LogP contribution in [0.15, 0.2) is 24.4 Å². The van der Waals surface area contributed by atoms with Crippen molar-refractivity contribution in [2.45, 2.75) is 13.0 Å². The average Bonchev–Trinajstić information content (AvgIpc) is 2.91. The van der Waals surface area contributed by atoms with Gasteiger partial charge < -0.3 is 15.2 Å². The van der Waals surface area contributed by atoms with Gasteiger partial charge in [0.2, 0.25) is 5.91 Å². The molecular formula is C14H16N4O. The molecule has 5 nitrogen and oxygen atoms in total. The van der Waals surface area contributed by atoms with Crippen LogP contribution in [0.1, 0.15) is 11.4 Å². The lowest BCUT2D eigenvalue weighted by atomic mass is 10.1. The summed E-state index contributed by atoms with van der Waals surface area (Å²) in [6.07, 6.45) is 2.30. The van der Waals surface area contributed by atoms with E-state index in [1.54, 1.807) is 4.90 Å². The summed E-state index contributed by atoms with van der Waals surface area (Å²) in [7, 11) is 3.76. The Labute approximate surface area is 111 Å². The van der Waals surface area contributed by atoms with Crippen LogP contribution in [0, 0.1) is 0 Å². The van der Waals surface area contributed by atoms with Gasteiger partial charge in [-0.3, -0.25) is 4.79 Å². The molecule has 1 aliphatic rings. The zero-order valence-corrected chi connectivity index (χ0v) is 11.1. The molecule has 5 heteroatoms. The number of hydrogen-bond donors (Lipinski definition) is 1. The second kappa shape index (κ2) is 4.20. The van der Waals surface area contributed by atoms with Crippen molar-refractivity contribution in [1.29, 1.82) is 0 Å². The topological polar surface area (TPSA) is 64.2 Å². The molecule has 0 spiro atoms. The van der Waals surface area contributed by atoms with E-state index < -0.39 is 0 Å². The molecule has 19 heavy (non-hydrogen) atoms. The predicted molar refractivity (Wildman–Crippen MR) is 73.6 cm³/mol. The van der Waals surface area contributed by atoms with Gasteiger partial charge in [-0.25, -0.2) is 4.98 Å². The Hall–Kier alpha value is -2.14. The zero-order valence-electron chi connectivity index (χ0n) is 11.1. The monoisotopic (exact) mass is 256 g/mol. The van der Waals surface area contributed by atoms with Crippen LogP contribution in [0.4, 0.5) is 5.69 Å². The number of amides is 1. The second-order valence-corrected chi connectivity index (χ2v) is 4.80. The van der Waals surface area contributed by atoms with Crippen molar-refractivity contribution < 1.29 is 4.79 Å². The van der Waals surface area contributed by atoms with Crippen molar-refractivity contribution in [3.8, 4) is 11.3 Å². The van der Waals surface area contributed by atoms with Crippen molar-refractivity contribution in [1.82, 2.24) is 9.55 Å². The van der Waals surface area contributed by atoms with Gasteiger partial charge in [-0.1, -0.05) is 6.07 Å². The predicted octanol–water partition coefficient (Wildman–Crippen LogP) is 1.06. The number of benzene rings is 1. The number of carbonyl (C=O) groups is 1. The van der Waals surface area contributed by atoms with E-state index in [0.717, 1.165) is 28.3 Å². The SMILES string of the molecule is CN1C(=O)Cc2cc(-c3cnc(CN)n3C)ccc21. The zero-order chi connectivity index (χ0) is 13.6. The molecule has 1 aliphatic heterocycles. The van der Waals surface area contributed by atoms with Crippen LogP contribution in [0.3, 0.4) is 0 Å². The smallest absolute Gasteiger partial charge is 0.231 e. The first kappa shape index (κ1) is 11.9. The number of aromatic nitrogens is 2. The van der Waals surface area contributed by atoms with E-state index in [1.807, 2.05) is 37.0 Å². The summed E-state index contributed by atoms with van der Waals surface area (Å²) >= 11 is 0. The Balaban J connectivity index is 2.06. The van der Waals surface area contributed by atoms with E-state index in [1.165, 1.54) is 0 Å². The summed E-state index contributed by atoms with van der Waals surface area (Å²) in [6, 6.07) is 6.07. The molecule has 1 aromatic heterocycles. The lowest BCUT2D eigenvalue weighted by molar-refractivity contribution is -0.117. The van der Waals surface area contributed by atoms with Gasteiger partial charge in [-0.15, -0.1) is 0 Å². The fourth-order valence-electron chi connectivity index (χ4n) is 2.54. The molecule has 1 aromatic carbocycles. The highest BCUT2D eigenvalue weighted by Gasteiger charge is 2.24. The van der Waals surface area contributed by atoms with Gasteiger partial charge >= 0.3 is 0 Å². The third-order valence-corrected chi connectivity index (χ3v) is 3.72. The molecule has 0 bridgehead atoms. The number of fused-ring (bicyclic) bond motifs is 1. The summed E-state index contributed by atoms with van der Waals surface area (Å²) in [5, 5.41) is 0. The number of hydrogen-bond acceptors (Lipinski definition) is 3. The van der Waals surface area contributed by atoms with Crippen molar-refractivity contribution >= 4 is 11.6 Å². The number of nitrogens with two attached hydrogens (primary N) is 1. The molecule has 2 aromatic rings. The van der Waals surface area contributed by atoms with Gasteiger partial charge in [0.25, 0.3) is 0 Å². The van der Waals surface area contributed by atoms with Gasteiger partial charge in [0.05, 0.1) is 24.9 Å². The highest BCUT2D eigenvalue weighted by molar-refractivity contribution is 6.01. The summed E-state index contributed by atoms with van der Waals surface area (Å²) in [4.78, 5) is 17.7. The van der Waals surface area contributed by atoms with Crippen molar-refractivity contribution in [3.63, 3.8) is 0 Å². The van der Waals surface area contributed by atoms with E-state index in [2.05, 4.69) is 11.1 Å². The lowest BCUT2D eigenvalue weighted by Gasteiger charge is -2.11. The first-order chi connectivity index (χ1) is 9.11. The maximum Gasteiger partial charge on any atom is 0.231 e. The molecule has 0 saturated heterocycles. The number of rotatable bonds is 2. The largest absolute Gasteiger partial charge is 0.330 e. The Morgan fingerprint density at radius 2 is 2.16 bits per heavy atom. The molecule has 0 aliphatic carbocycles. The van der Waals surface area contributed by atoms with E-state index in [9.17, 15) is 4.79 Å². The van der Waals surface area contributed by atoms with Gasteiger partial charge in [0.1, 0.15) is 5.82 Å². The molecule has 0 fully saturated rings. The molecule has 98 valence electrons. The minimum absolute atomic E-state index is 0.139. The molecule has 0 saturated carbocycles. The third kappa shape index (κ3) is 1.74. The van der Waals surface area contributed by atoms with Crippen LogP contribution >= 0.6 is 0 Å². The molecule has 2 N–H and O–H groups in total. The van der Waals surface area contributed by atoms with Gasteiger partial charge in [0.15, 0.2) is 0 Å². The quantitative estimate of drug-likeness (QED) is 0.874. The normalized spacial score (nSPS) is 14.1. The Morgan fingerprint density at radius 1 is 1.37 bits per heavy atom. The van der Waals surface area contributed by atoms with Crippen LogP contribution in [-0.2, 0) is 24.8 Å². The number of carbonyl (C=O) groups excluding carboxylic acids is 1. The number of nitrogens with zero attached hydrogens (tertiary/aromatic N) is 3. The first-order valence-corrected chi connectivity index (χ1v) is 6.22. The van der Waals surface area contributed by atoms with Crippen LogP contribution < -0.4 is 10.6 Å². The van der Waals surface area contributed by atoms with E-state index in [0.29, 0.717) is 13.0 Å². The van der Waals surface area contributed by atoms with E-state index in [4.69, 9.17) is 5.73 Å². The third-order valence-electron chi connectivity index (χ3n) is 3.72. The number of likely N-dealkylation sites (N-methyl/N-ethyl adjacent to an activating group) is 1. The van der Waals surface area contributed by atoms with Crippen molar-refractivity contribution in [2.24, 2.45) is 12.8 Å². The van der Waals surface area contributed by atoms with Crippen molar-refractivity contribution in [2.75, 3.05) is 11.9 Å². The van der Waals surface area contributed by atoms with Crippen LogP contribution in [0.25, 0.3) is 11.3 Å². The lowest BCUT2D eigenvalue weighted by Crippen LogP contribution is -2.20. The maximum absolute atomic E-state index is 11.7. The van der Waals surface area contributed by atoms with Gasteiger partial charge in [-0.05, 0) is 17.7 Å². The molecule has 0 unspecified atom stereocenters. The molecule has 0 radical (unpaired) electrons. The molecule has 3 rings (SSSR count). The second-order valence-electron chi connectivity index (χ2n) is 4.80. The standard InChI is InChI=1S/C14H16N4O/c1-17-12(8-16-13(17)7-15)9-3-4-11-10(5-9)6-14(19)18(11)2/h3-5,8H,6-7,15H2,1-2H3. The fourth-order valence-corrected chi connectivity index (χ4v) is 2.54. The van der Waals surface area contributed by atoms with Gasteiger partial charge in [-0.2, -0.15) is 0 Å². The fraction of sp³-hybridized carbons (Fsp3) is 0.286. The Bertz CT molecular complexity index is 659. The van der Waals surface area contributed by atoms with Gasteiger partial charge in [0, 0.05) is 25.3 Å². The Morgan fingerprint density at radius 3 is 2.84 bits per heavy atom. The highest BCUT2D eigenvalue weighted by atomic mass is 16.2. The maximum atomic E-state index is 11.7. The summed E-state index contributed by atoms with van der Waals surface area (Å²) in [5.74, 6) is 0.989. The summed E-state index contributed by atoms with van der Waals surface area (Å²) in [5.41, 5.74) is 9.78. The van der Waals surface area contributed by atoms with Crippen LogP contribution in [-0.4, -0.2) is 22.5 Å². The molecular weight excluding hydrogens is 240 g/mol. The van der Waals surface area contributed by atoms with Crippen LogP contribution in [0.2, 0.25) is 0 Å². The molecule has 0 atom stereocenters. The first-order valence-electron chi connectivity index (χ1n) is 6.22.